The summed E-state index contributed by atoms with van der Waals surface area (Å²) in [5.41, 5.74) is 6.27. The van der Waals surface area contributed by atoms with E-state index in [4.69, 9.17) is 17.3 Å². The molecule has 106 valence electrons. The fraction of sp³-hybridized carbons (Fsp3) is 0. The van der Waals surface area contributed by atoms with Crippen LogP contribution in [0.1, 0.15) is 0 Å². The highest BCUT2D eigenvalue weighted by Gasteiger charge is 2.22. The van der Waals surface area contributed by atoms with E-state index in [1.54, 1.807) is 6.07 Å². The normalized spacial score (nSPS) is 11.3. The van der Waals surface area contributed by atoms with Crippen LogP contribution in [-0.4, -0.2) is 13.4 Å². The Hall–Kier alpha value is -0.830. The van der Waals surface area contributed by atoms with Crippen molar-refractivity contribution in [3.05, 3.63) is 44.6 Å². The summed E-state index contributed by atoms with van der Waals surface area (Å²) in [6.45, 7) is 0. The Morgan fingerprint density at radius 3 is 2.40 bits per heavy atom. The number of halogens is 3. The van der Waals surface area contributed by atoms with Crippen molar-refractivity contribution in [1.29, 1.82) is 0 Å². The molecule has 5 nitrogen and oxygen atoms in total. The van der Waals surface area contributed by atoms with Crippen molar-refractivity contribution in [3.8, 4) is 0 Å². The fourth-order valence-electron chi connectivity index (χ4n) is 1.49. The zero-order chi connectivity index (χ0) is 14.9. The van der Waals surface area contributed by atoms with Crippen LogP contribution in [0.15, 0.2) is 44.3 Å². The molecule has 2 aromatic rings. The fourth-order valence-corrected chi connectivity index (χ4v) is 5.40. The van der Waals surface area contributed by atoms with Crippen LogP contribution in [0.4, 0.5) is 11.4 Å². The molecule has 0 saturated carbocycles. The van der Waals surface area contributed by atoms with Gasteiger partial charge in [-0.15, -0.1) is 0 Å². The maximum absolute atomic E-state index is 12.4. The summed E-state index contributed by atoms with van der Waals surface area (Å²) in [5.74, 6) is 0. The molecule has 0 atom stereocenters. The number of nitrogen functional groups attached to an aromatic ring is 1. The van der Waals surface area contributed by atoms with E-state index in [1.807, 2.05) is 0 Å². The Labute approximate surface area is 137 Å². The van der Waals surface area contributed by atoms with Crippen molar-refractivity contribution < 1.29 is 8.42 Å². The molecule has 0 fully saturated rings. The zero-order valence-corrected chi connectivity index (χ0v) is 14.5. The minimum atomic E-state index is -3.84. The van der Waals surface area contributed by atoms with Gasteiger partial charge in [0.2, 0.25) is 0 Å². The second-order valence-corrected chi connectivity index (χ2v) is 7.45. The molecule has 0 saturated heterocycles. The van der Waals surface area contributed by atoms with Gasteiger partial charge in [-0.1, -0.05) is 11.6 Å². The maximum Gasteiger partial charge on any atom is 0.264 e. The molecule has 0 aliphatic carbocycles. The predicted molar refractivity (Wildman–Crippen MR) is 86.3 cm³/mol. The molecule has 0 aliphatic heterocycles. The van der Waals surface area contributed by atoms with Gasteiger partial charge in [0.15, 0.2) is 5.15 Å². The van der Waals surface area contributed by atoms with E-state index >= 15 is 0 Å². The quantitative estimate of drug-likeness (QED) is 0.563. The van der Waals surface area contributed by atoms with Crippen LogP contribution >= 0.6 is 43.5 Å². The number of sulfonamides is 1. The van der Waals surface area contributed by atoms with E-state index < -0.39 is 10.0 Å². The highest BCUT2D eigenvalue weighted by molar-refractivity contribution is 9.11. The molecule has 1 heterocycles. The van der Waals surface area contributed by atoms with Gasteiger partial charge in [-0.25, -0.2) is 13.4 Å². The minimum Gasteiger partial charge on any atom is -0.399 e. The third kappa shape index (κ3) is 3.25. The number of benzene rings is 1. The third-order valence-electron chi connectivity index (χ3n) is 2.29. The van der Waals surface area contributed by atoms with E-state index in [9.17, 15) is 8.42 Å². The molecule has 9 heteroatoms. The average molecular weight is 442 g/mol. The largest absolute Gasteiger partial charge is 0.399 e. The van der Waals surface area contributed by atoms with Crippen LogP contribution in [-0.2, 0) is 10.0 Å². The van der Waals surface area contributed by atoms with Crippen molar-refractivity contribution in [2.24, 2.45) is 0 Å². The number of hydrogen-bond donors (Lipinski definition) is 2. The first-order chi connectivity index (χ1) is 9.31. The summed E-state index contributed by atoms with van der Waals surface area (Å²) in [5, 5.41) is 0.0683. The molecule has 20 heavy (non-hydrogen) atoms. The van der Waals surface area contributed by atoms with Gasteiger partial charge in [-0.3, -0.25) is 4.72 Å². The zero-order valence-electron chi connectivity index (χ0n) is 9.77. The molecule has 1 aromatic heterocycles. The number of rotatable bonds is 3. The van der Waals surface area contributed by atoms with Crippen molar-refractivity contribution in [2.45, 2.75) is 4.90 Å². The molecule has 1 aromatic carbocycles. The van der Waals surface area contributed by atoms with Gasteiger partial charge in [0.05, 0.1) is 5.69 Å². The van der Waals surface area contributed by atoms with Crippen LogP contribution < -0.4 is 10.5 Å². The highest BCUT2D eigenvalue weighted by Crippen LogP contribution is 2.34. The smallest absolute Gasteiger partial charge is 0.264 e. The second kappa shape index (κ2) is 5.88. The monoisotopic (exact) mass is 439 g/mol. The number of nitrogens with one attached hydrogen (secondary N) is 1. The van der Waals surface area contributed by atoms with Crippen molar-refractivity contribution in [2.75, 3.05) is 10.5 Å². The Morgan fingerprint density at radius 2 is 1.85 bits per heavy atom. The molecular weight excluding hydrogens is 433 g/mol. The minimum absolute atomic E-state index is 0.0339. The van der Waals surface area contributed by atoms with Gasteiger partial charge in [0, 0.05) is 20.8 Å². The number of nitrogens with two attached hydrogens (primary N) is 1. The maximum atomic E-state index is 12.4. The Balaban J connectivity index is 2.50. The molecule has 0 amide bonds. The molecule has 0 radical (unpaired) electrons. The first-order valence-corrected chi connectivity index (χ1v) is 8.64. The topological polar surface area (TPSA) is 85.1 Å². The number of anilines is 2. The lowest BCUT2D eigenvalue weighted by Gasteiger charge is -2.12. The van der Waals surface area contributed by atoms with Crippen LogP contribution in [0.25, 0.3) is 0 Å². The summed E-state index contributed by atoms with van der Waals surface area (Å²) >= 11 is 12.2. The second-order valence-electron chi connectivity index (χ2n) is 3.76. The van der Waals surface area contributed by atoms with Gasteiger partial charge in [-0.05, 0) is 56.1 Å². The van der Waals surface area contributed by atoms with Crippen LogP contribution in [0.5, 0.6) is 0 Å². The van der Waals surface area contributed by atoms with Crippen LogP contribution in [0, 0.1) is 0 Å². The van der Waals surface area contributed by atoms with E-state index in [0.29, 0.717) is 14.6 Å². The van der Waals surface area contributed by atoms with Crippen LogP contribution in [0.2, 0.25) is 5.15 Å². The lowest BCUT2D eigenvalue weighted by molar-refractivity contribution is 0.600. The molecule has 0 bridgehead atoms. The summed E-state index contributed by atoms with van der Waals surface area (Å²) in [6, 6.07) is 6.11. The first kappa shape index (κ1) is 15.6. The molecule has 3 N–H and O–H groups in total. The van der Waals surface area contributed by atoms with E-state index in [2.05, 4.69) is 41.6 Å². The molecule has 0 aliphatic rings. The predicted octanol–water partition coefficient (Wildman–Crippen LogP) is 3.64. The van der Waals surface area contributed by atoms with Crippen LogP contribution in [0.3, 0.4) is 0 Å². The van der Waals surface area contributed by atoms with E-state index in [1.165, 1.54) is 24.4 Å². The van der Waals surface area contributed by atoms with Gasteiger partial charge in [0.25, 0.3) is 10.0 Å². The van der Waals surface area contributed by atoms with Gasteiger partial charge < -0.3 is 5.73 Å². The molecule has 0 unspecified atom stereocenters. The van der Waals surface area contributed by atoms with Crippen molar-refractivity contribution in [3.63, 3.8) is 0 Å². The molecule has 0 spiro atoms. The van der Waals surface area contributed by atoms with Gasteiger partial charge in [-0.2, -0.15) is 0 Å². The lowest BCUT2D eigenvalue weighted by Crippen LogP contribution is -2.15. The molecule has 2 rings (SSSR count). The summed E-state index contributed by atoms with van der Waals surface area (Å²) < 4.78 is 27.9. The SMILES string of the molecule is Nc1cc(Br)c(S(=O)(=O)Nc2cccnc2Cl)c(Br)c1. The number of hydrogen-bond acceptors (Lipinski definition) is 4. The third-order valence-corrected chi connectivity index (χ3v) is 5.84. The highest BCUT2D eigenvalue weighted by atomic mass is 79.9. The molecular formula is C11H8Br2ClN3O2S. The van der Waals surface area contributed by atoms with Gasteiger partial charge in [0.1, 0.15) is 4.90 Å². The summed E-state index contributed by atoms with van der Waals surface area (Å²) in [6.07, 6.45) is 1.47. The standard InChI is InChI=1S/C11H8Br2ClN3O2S/c12-7-4-6(15)5-8(13)10(7)20(18,19)17-9-2-1-3-16-11(9)14/h1-5,17H,15H2. The Morgan fingerprint density at radius 1 is 1.25 bits per heavy atom. The Kier molecular flexibility index (Phi) is 4.58. The number of nitrogens with zero attached hydrogens (tertiary/aromatic N) is 1. The number of aromatic nitrogens is 1. The van der Waals surface area contributed by atoms with Crippen molar-refractivity contribution in [1.82, 2.24) is 4.98 Å². The number of pyridine rings is 1. The van der Waals surface area contributed by atoms with E-state index in [-0.39, 0.29) is 15.7 Å². The van der Waals surface area contributed by atoms with Gasteiger partial charge >= 0.3 is 0 Å². The average Bonchev–Trinajstić information content (AvgIpc) is 2.30. The summed E-state index contributed by atoms with van der Waals surface area (Å²) in [7, 11) is -3.84. The van der Waals surface area contributed by atoms with E-state index in [0.717, 1.165) is 0 Å². The first-order valence-electron chi connectivity index (χ1n) is 5.19. The lowest BCUT2D eigenvalue weighted by atomic mass is 10.3. The van der Waals surface area contributed by atoms with Crippen molar-refractivity contribution >= 4 is 64.9 Å². The summed E-state index contributed by atoms with van der Waals surface area (Å²) in [4.78, 5) is 3.84. The Bertz CT molecular complexity index is 745.